The zero-order valence-electron chi connectivity index (χ0n) is 16.3. The Morgan fingerprint density at radius 1 is 1.03 bits per heavy atom. The molecule has 2 aliphatic heterocycles. The molecule has 2 aliphatic rings. The number of hydrogen-bond donors (Lipinski definition) is 1. The van der Waals surface area contributed by atoms with Crippen molar-refractivity contribution in [1.82, 2.24) is 15.1 Å². The van der Waals surface area contributed by atoms with E-state index in [-0.39, 0.29) is 24.3 Å². The van der Waals surface area contributed by atoms with Gasteiger partial charge in [0.2, 0.25) is 0 Å². The topological polar surface area (TPSA) is 79.0 Å². The molecule has 150 valence electrons. The lowest BCUT2D eigenvalue weighted by Gasteiger charge is -2.22. The maximum Gasteiger partial charge on any atom is 0.261 e. The van der Waals surface area contributed by atoms with E-state index in [1.165, 1.54) is 12.0 Å². The van der Waals surface area contributed by atoms with E-state index in [1.54, 1.807) is 42.5 Å². The predicted molar refractivity (Wildman–Crippen MR) is 107 cm³/mol. The lowest BCUT2D eigenvalue weighted by molar-refractivity contribution is 0.0642. The number of ether oxygens (including phenoxy) is 1. The first-order valence-electron chi connectivity index (χ1n) is 9.72. The normalized spacial score (nSPS) is 16.6. The number of methoxy groups -OCH3 is 1. The van der Waals surface area contributed by atoms with E-state index >= 15 is 0 Å². The third-order valence-electron chi connectivity index (χ3n) is 5.34. The van der Waals surface area contributed by atoms with Gasteiger partial charge in [0.1, 0.15) is 5.75 Å². The SMILES string of the molecule is COc1ccc(CN2C(=O)c3ccccc3C2=O)cc1C(=O)N1CCCNCC1. The van der Waals surface area contributed by atoms with Crippen molar-refractivity contribution in [2.45, 2.75) is 13.0 Å². The number of hydrogen-bond acceptors (Lipinski definition) is 5. The summed E-state index contributed by atoms with van der Waals surface area (Å²) in [5.74, 6) is -0.242. The minimum atomic E-state index is -0.312. The molecular formula is C22H23N3O4. The largest absolute Gasteiger partial charge is 0.496 e. The third-order valence-corrected chi connectivity index (χ3v) is 5.34. The highest BCUT2D eigenvalue weighted by molar-refractivity contribution is 6.21. The molecule has 0 aliphatic carbocycles. The van der Waals surface area contributed by atoms with E-state index in [2.05, 4.69) is 5.32 Å². The molecule has 0 aromatic heterocycles. The van der Waals surface area contributed by atoms with Crippen LogP contribution in [0.5, 0.6) is 5.75 Å². The Morgan fingerprint density at radius 2 is 1.76 bits per heavy atom. The van der Waals surface area contributed by atoms with Crippen LogP contribution >= 0.6 is 0 Å². The first kappa shape index (κ1) is 19.1. The highest BCUT2D eigenvalue weighted by atomic mass is 16.5. The number of fused-ring (bicyclic) bond motifs is 1. The molecule has 0 bridgehead atoms. The Kier molecular flexibility index (Phi) is 5.31. The van der Waals surface area contributed by atoms with Gasteiger partial charge in [-0.3, -0.25) is 19.3 Å². The second kappa shape index (κ2) is 8.05. The van der Waals surface area contributed by atoms with Crippen LogP contribution in [0.25, 0.3) is 0 Å². The summed E-state index contributed by atoms with van der Waals surface area (Å²) in [4.78, 5) is 41.4. The van der Waals surface area contributed by atoms with Gasteiger partial charge in [0, 0.05) is 19.6 Å². The molecule has 0 unspecified atom stereocenters. The van der Waals surface area contributed by atoms with Crippen molar-refractivity contribution in [3.05, 3.63) is 64.7 Å². The van der Waals surface area contributed by atoms with E-state index in [0.717, 1.165) is 19.5 Å². The maximum atomic E-state index is 13.1. The van der Waals surface area contributed by atoms with Crippen molar-refractivity contribution in [1.29, 1.82) is 0 Å². The quantitative estimate of drug-likeness (QED) is 0.803. The lowest BCUT2D eigenvalue weighted by Crippen LogP contribution is -2.34. The highest BCUT2D eigenvalue weighted by Crippen LogP contribution is 2.27. The van der Waals surface area contributed by atoms with Gasteiger partial charge in [-0.1, -0.05) is 18.2 Å². The number of nitrogens with one attached hydrogen (secondary N) is 1. The summed E-state index contributed by atoms with van der Waals surface area (Å²) in [7, 11) is 1.53. The average Bonchev–Trinajstić information content (AvgIpc) is 2.94. The van der Waals surface area contributed by atoms with Crippen LogP contribution in [-0.2, 0) is 6.54 Å². The molecule has 0 saturated carbocycles. The van der Waals surface area contributed by atoms with Gasteiger partial charge in [0.05, 0.1) is 30.3 Å². The monoisotopic (exact) mass is 393 g/mol. The van der Waals surface area contributed by atoms with Gasteiger partial charge in [-0.05, 0) is 42.8 Å². The Hall–Kier alpha value is -3.19. The minimum Gasteiger partial charge on any atom is -0.496 e. The summed E-state index contributed by atoms with van der Waals surface area (Å²) in [5.41, 5.74) is 1.99. The van der Waals surface area contributed by atoms with E-state index in [9.17, 15) is 14.4 Å². The molecule has 0 spiro atoms. The molecule has 2 heterocycles. The number of amides is 3. The van der Waals surface area contributed by atoms with Gasteiger partial charge in [-0.25, -0.2) is 0 Å². The molecule has 4 rings (SSSR count). The molecule has 7 heteroatoms. The smallest absolute Gasteiger partial charge is 0.261 e. The second-order valence-corrected chi connectivity index (χ2v) is 7.17. The summed E-state index contributed by atoms with van der Waals surface area (Å²) in [6, 6.07) is 12.0. The fraction of sp³-hybridized carbons (Fsp3) is 0.318. The molecule has 2 aromatic carbocycles. The van der Waals surface area contributed by atoms with Crippen LogP contribution in [0.4, 0.5) is 0 Å². The Balaban J connectivity index is 1.59. The van der Waals surface area contributed by atoms with Crippen LogP contribution in [0.3, 0.4) is 0 Å². The summed E-state index contributed by atoms with van der Waals surface area (Å²) in [6.07, 6.45) is 0.892. The first-order chi connectivity index (χ1) is 14.1. The molecule has 1 N–H and O–H groups in total. The van der Waals surface area contributed by atoms with Crippen LogP contribution in [-0.4, -0.2) is 60.8 Å². The molecule has 7 nitrogen and oxygen atoms in total. The summed E-state index contributed by atoms with van der Waals surface area (Å²) >= 11 is 0. The van der Waals surface area contributed by atoms with Gasteiger partial charge in [-0.2, -0.15) is 0 Å². The number of carbonyl (C=O) groups is 3. The highest BCUT2D eigenvalue weighted by Gasteiger charge is 2.35. The predicted octanol–water partition coefficient (Wildman–Crippen LogP) is 1.93. The van der Waals surface area contributed by atoms with Crippen LogP contribution in [0.2, 0.25) is 0 Å². The maximum absolute atomic E-state index is 13.1. The Labute approximate surface area is 169 Å². The lowest BCUT2D eigenvalue weighted by atomic mass is 10.1. The Bertz CT molecular complexity index is 929. The van der Waals surface area contributed by atoms with Crippen LogP contribution < -0.4 is 10.1 Å². The summed E-state index contributed by atoms with van der Waals surface area (Å²) < 4.78 is 5.40. The third kappa shape index (κ3) is 3.61. The van der Waals surface area contributed by atoms with Crippen molar-refractivity contribution in [3.63, 3.8) is 0 Å². The van der Waals surface area contributed by atoms with Gasteiger partial charge in [-0.15, -0.1) is 0 Å². The fourth-order valence-corrected chi connectivity index (χ4v) is 3.81. The average molecular weight is 393 g/mol. The Morgan fingerprint density at radius 3 is 2.45 bits per heavy atom. The molecule has 3 amide bonds. The number of rotatable bonds is 4. The molecule has 29 heavy (non-hydrogen) atoms. The van der Waals surface area contributed by atoms with Gasteiger partial charge in [0.25, 0.3) is 17.7 Å². The van der Waals surface area contributed by atoms with Gasteiger partial charge >= 0.3 is 0 Å². The number of carbonyl (C=O) groups excluding carboxylic acids is 3. The van der Waals surface area contributed by atoms with Crippen LogP contribution in [0.1, 0.15) is 43.1 Å². The number of benzene rings is 2. The molecule has 2 aromatic rings. The molecule has 1 fully saturated rings. The summed E-state index contributed by atoms with van der Waals surface area (Å²) in [6.45, 7) is 3.06. The minimum absolute atomic E-state index is 0.102. The number of nitrogens with zero attached hydrogens (tertiary/aromatic N) is 2. The van der Waals surface area contributed by atoms with E-state index in [1.807, 2.05) is 4.90 Å². The number of imide groups is 1. The van der Waals surface area contributed by atoms with Crippen molar-refractivity contribution >= 4 is 17.7 Å². The standard InChI is InChI=1S/C22H23N3O4/c1-29-19-8-7-15(13-18(19)20(26)24-11-4-9-23-10-12-24)14-25-21(27)16-5-2-3-6-17(16)22(25)28/h2-3,5-8,13,23H,4,9-12,14H2,1H3. The van der Waals surface area contributed by atoms with Gasteiger partial charge < -0.3 is 15.0 Å². The van der Waals surface area contributed by atoms with E-state index < -0.39 is 0 Å². The summed E-state index contributed by atoms with van der Waals surface area (Å²) in [5, 5.41) is 3.28. The molecular weight excluding hydrogens is 370 g/mol. The molecule has 1 saturated heterocycles. The second-order valence-electron chi connectivity index (χ2n) is 7.17. The van der Waals surface area contributed by atoms with Gasteiger partial charge in [0.15, 0.2) is 0 Å². The van der Waals surface area contributed by atoms with E-state index in [4.69, 9.17) is 4.74 Å². The van der Waals surface area contributed by atoms with Crippen molar-refractivity contribution < 1.29 is 19.1 Å². The molecule has 0 radical (unpaired) electrons. The van der Waals surface area contributed by atoms with Crippen LogP contribution in [0.15, 0.2) is 42.5 Å². The zero-order valence-corrected chi connectivity index (χ0v) is 16.3. The van der Waals surface area contributed by atoms with Crippen molar-refractivity contribution in [2.24, 2.45) is 0 Å². The van der Waals surface area contributed by atoms with Crippen LogP contribution in [0, 0.1) is 0 Å². The van der Waals surface area contributed by atoms with Crippen molar-refractivity contribution in [3.8, 4) is 5.75 Å². The first-order valence-corrected chi connectivity index (χ1v) is 9.72. The van der Waals surface area contributed by atoms with E-state index in [0.29, 0.717) is 41.1 Å². The molecule has 0 atom stereocenters. The fourth-order valence-electron chi connectivity index (χ4n) is 3.81. The zero-order chi connectivity index (χ0) is 20.4. The van der Waals surface area contributed by atoms with Crippen molar-refractivity contribution in [2.75, 3.05) is 33.3 Å².